The first-order chi connectivity index (χ1) is 19.1. The van der Waals surface area contributed by atoms with Crippen LogP contribution < -0.4 is 15.5 Å². The third-order valence-electron chi connectivity index (χ3n) is 7.25. The number of aromatic nitrogens is 3. The lowest BCUT2D eigenvalue weighted by Gasteiger charge is -2.34. The molecule has 0 aliphatic carbocycles. The number of halogens is 2. The summed E-state index contributed by atoms with van der Waals surface area (Å²) in [7, 11) is 0. The molecule has 8 nitrogen and oxygen atoms in total. The van der Waals surface area contributed by atoms with Gasteiger partial charge in [-0.05, 0) is 47.2 Å². The van der Waals surface area contributed by atoms with E-state index in [1.807, 2.05) is 30.3 Å². The van der Waals surface area contributed by atoms with Crippen molar-refractivity contribution in [3.05, 3.63) is 78.3 Å². The molecule has 0 spiro atoms. The smallest absolute Gasteiger partial charge is 0.180 e. The van der Waals surface area contributed by atoms with E-state index in [0.717, 1.165) is 58.0 Å². The first-order valence-corrected chi connectivity index (χ1v) is 13.9. The van der Waals surface area contributed by atoms with Crippen LogP contribution in [0.15, 0.2) is 71.9 Å². The lowest BCUT2D eigenvalue weighted by molar-refractivity contribution is 0.186. The Balaban J connectivity index is 1.33. The Labute approximate surface area is 229 Å². The van der Waals surface area contributed by atoms with Gasteiger partial charge in [-0.25, -0.2) is 8.78 Å². The van der Waals surface area contributed by atoms with E-state index in [2.05, 4.69) is 37.8 Å². The molecule has 0 amide bonds. The SMILES string of the molecule is CC(c1ccc(F)cc1-c1cccc2cc(N3C=C(F)C=NC3NCCn3ccnn3)sc12)N1CCNCC1. The molecule has 2 aliphatic heterocycles. The fourth-order valence-corrected chi connectivity index (χ4v) is 6.41. The molecule has 2 N–H and O–H groups in total. The van der Waals surface area contributed by atoms with Gasteiger partial charge < -0.3 is 10.2 Å². The summed E-state index contributed by atoms with van der Waals surface area (Å²) in [6.45, 7) is 7.16. The van der Waals surface area contributed by atoms with E-state index in [1.54, 1.807) is 45.4 Å². The van der Waals surface area contributed by atoms with E-state index in [0.29, 0.717) is 13.1 Å². The van der Waals surface area contributed by atoms with Crippen LogP contribution in [-0.2, 0) is 6.54 Å². The predicted octanol–water partition coefficient (Wildman–Crippen LogP) is 4.54. The highest BCUT2D eigenvalue weighted by Crippen LogP contribution is 2.42. The molecule has 202 valence electrons. The van der Waals surface area contributed by atoms with Gasteiger partial charge in [0.25, 0.3) is 0 Å². The van der Waals surface area contributed by atoms with E-state index < -0.39 is 12.1 Å². The average molecular weight is 549 g/mol. The van der Waals surface area contributed by atoms with Crippen LogP contribution in [0.25, 0.3) is 21.2 Å². The van der Waals surface area contributed by atoms with Gasteiger partial charge in [-0.2, -0.15) is 0 Å². The summed E-state index contributed by atoms with van der Waals surface area (Å²) in [6.07, 6.45) is 5.65. The van der Waals surface area contributed by atoms with Crippen LogP contribution >= 0.6 is 11.3 Å². The second-order valence-electron chi connectivity index (χ2n) is 9.70. The molecule has 2 unspecified atom stereocenters. The molecule has 39 heavy (non-hydrogen) atoms. The molecule has 0 radical (unpaired) electrons. The number of hydrogen-bond acceptors (Lipinski definition) is 8. The summed E-state index contributed by atoms with van der Waals surface area (Å²) >= 11 is 1.55. The summed E-state index contributed by atoms with van der Waals surface area (Å²) in [5, 5.41) is 16.4. The number of hydrogen-bond donors (Lipinski definition) is 2. The van der Waals surface area contributed by atoms with Crippen molar-refractivity contribution in [3.8, 4) is 11.1 Å². The molecule has 11 heteroatoms. The summed E-state index contributed by atoms with van der Waals surface area (Å²) in [5.41, 5.74) is 2.96. The molecule has 1 saturated heterocycles. The fraction of sp³-hybridized carbons (Fsp3) is 0.321. The number of benzene rings is 2. The Morgan fingerprint density at radius 1 is 1.13 bits per heavy atom. The maximum absolute atomic E-state index is 14.6. The normalized spacial score (nSPS) is 19.0. The number of allylic oxidation sites excluding steroid dienone is 1. The standard InChI is InChI=1S/C28H30F2N8S/c1-19(36-11-7-31-8-12-36)23-6-5-21(29)16-25(23)24-4-2-3-20-15-26(39-27(20)24)38-18-22(30)17-33-28(38)32-9-13-37-14-10-34-35-37/h2-6,10,14-19,28,31-32H,7-9,11-13H2,1H3. The summed E-state index contributed by atoms with van der Waals surface area (Å²) in [6, 6.07) is 13.4. The number of nitrogens with one attached hydrogen (secondary N) is 2. The Hall–Kier alpha value is -3.51. The van der Waals surface area contributed by atoms with Crippen LogP contribution in [-0.4, -0.2) is 65.1 Å². The van der Waals surface area contributed by atoms with Gasteiger partial charge in [-0.15, -0.1) is 16.4 Å². The van der Waals surface area contributed by atoms with E-state index in [-0.39, 0.29) is 11.9 Å². The van der Waals surface area contributed by atoms with E-state index >= 15 is 0 Å². The number of anilines is 1. The number of piperazine rings is 1. The van der Waals surface area contributed by atoms with E-state index in [4.69, 9.17) is 0 Å². The zero-order valence-electron chi connectivity index (χ0n) is 21.6. The van der Waals surface area contributed by atoms with Crippen LogP contribution in [0.2, 0.25) is 0 Å². The molecule has 6 rings (SSSR count). The maximum Gasteiger partial charge on any atom is 0.180 e. The highest BCUT2D eigenvalue weighted by molar-refractivity contribution is 7.23. The average Bonchev–Trinajstić information content (AvgIpc) is 3.64. The molecule has 2 aromatic carbocycles. The van der Waals surface area contributed by atoms with Gasteiger partial charge >= 0.3 is 0 Å². The fourth-order valence-electron chi connectivity index (χ4n) is 5.23. The Morgan fingerprint density at radius 2 is 2.00 bits per heavy atom. The zero-order valence-corrected chi connectivity index (χ0v) is 22.4. The molecule has 4 heterocycles. The summed E-state index contributed by atoms with van der Waals surface area (Å²) in [4.78, 5) is 8.63. The third-order valence-corrected chi connectivity index (χ3v) is 8.44. The van der Waals surface area contributed by atoms with Crippen molar-refractivity contribution in [1.82, 2.24) is 30.5 Å². The minimum absolute atomic E-state index is 0.143. The minimum Gasteiger partial charge on any atom is -0.314 e. The number of rotatable bonds is 8. The lowest BCUT2D eigenvalue weighted by Crippen LogP contribution is -2.44. The molecule has 0 bridgehead atoms. The number of nitrogens with zero attached hydrogens (tertiary/aromatic N) is 6. The van der Waals surface area contributed by atoms with Gasteiger partial charge in [0.2, 0.25) is 0 Å². The van der Waals surface area contributed by atoms with Crippen molar-refractivity contribution in [2.24, 2.45) is 4.99 Å². The highest BCUT2D eigenvalue weighted by atomic mass is 32.1. The highest BCUT2D eigenvalue weighted by Gasteiger charge is 2.25. The number of aliphatic imine (C=N–C) groups is 1. The Morgan fingerprint density at radius 3 is 2.82 bits per heavy atom. The third kappa shape index (κ3) is 5.48. The number of thiophene rings is 1. The van der Waals surface area contributed by atoms with Crippen molar-refractivity contribution in [2.45, 2.75) is 25.8 Å². The summed E-state index contributed by atoms with van der Waals surface area (Å²) < 4.78 is 31.8. The van der Waals surface area contributed by atoms with Crippen molar-refractivity contribution >= 4 is 32.6 Å². The molecule has 1 fully saturated rings. The Kier molecular flexibility index (Phi) is 7.47. The van der Waals surface area contributed by atoms with E-state index in [1.165, 1.54) is 12.4 Å². The van der Waals surface area contributed by atoms with Gasteiger partial charge in [-0.3, -0.25) is 19.9 Å². The van der Waals surface area contributed by atoms with Crippen molar-refractivity contribution in [3.63, 3.8) is 0 Å². The van der Waals surface area contributed by atoms with Crippen molar-refractivity contribution in [1.29, 1.82) is 0 Å². The second kappa shape index (κ2) is 11.3. The molecule has 4 aromatic rings. The minimum atomic E-state index is -0.470. The molecule has 2 aliphatic rings. The molecular formula is C28H30F2N8S. The van der Waals surface area contributed by atoms with Gasteiger partial charge in [0, 0.05) is 55.9 Å². The second-order valence-corrected chi connectivity index (χ2v) is 10.7. The summed E-state index contributed by atoms with van der Waals surface area (Å²) in [5.74, 6) is -0.679. The predicted molar refractivity (Wildman–Crippen MR) is 152 cm³/mol. The topological polar surface area (TPSA) is 73.6 Å². The maximum atomic E-state index is 14.6. The van der Waals surface area contributed by atoms with Crippen LogP contribution in [0.1, 0.15) is 18.5 Å². The van der Waals surface area contributed by atoms with Crippen LogP contribution in [0.5, 0.6) is 0 Å². The molecule has 2 aromatic heterocycles. The lowest BCUT2D eigenvalue weighted by atomic mass is 9.93. The van der Waals surface area contributed by atoms with Crippen molar-refractivity contribution < 1.29 is 8.78 Å². The van der Waals surface area contributed by atoms with Crippen molar-refractivity contribution in [2.75, 3.05) is 37.6 Å². The van der Waals surface area contributed by atoms with Gasteiger partial charge in [0.1, 0.15) is 5.82 Å². The zero-order chi connectivity index (χ0) is 26.8. The molecule has 2 atom stereocenters. The molecular weight excluding hydrogens is 518 g/mol. The quantitative estimate of drug-likeness (QED) is 0.337. The van der Waals surface area contributed by atoms with Gasteiger partial charge in [0.15, 0.2) is 12.1 Å². The first-order valence-electron chi connectivity index (χ1n) is 13.1. The first kappa shape index (κ1) is 25.8. The monoisotopic (exact) mass is 548 g/mol. The largest absolute Gasteiger partial charge is 0.314 e. The van der Waals surface area contributed by atoms with Crippen LogP contribution in [0, 0.1) is 5.82 Å². The van der Waals surface area contributed by atoms with Crippen LogP contribution in [0.3, 0.4) is 0 Å². The number of fused-ring (bicyclic) bond motifs is 1. The van der Waals surface area contributed by atoms with Crippen LogP contribution in [0.4, 0.5) is 13.8 Å². The van der Waals surface area contributed by atoms with E-state index in [9.17, 15) is 8.78 Å². The van der Waals surface area contributed by atoms with Gasteiger partial charge in [0.05, 0.1) is 24.0 Å². The molecule has 0 saturated carbocycles. The van der Waals surface area contributed by atoms with Gasteiger partial charge in [-0.1, -0.05) is 29.5 Å². The Bertz CT molecular complexity index is 1490.